The van der Waals surface area contributed by atoms with E-state index in [0.29, 0.717) is 24.3 Å². The first-order valence-corrected chi connectivity index (χ1v) is 8.47. The number of nitrogens with zero attached hydrogens (tertiary/aromatic N) is 4. The smallest absolute Gasteiger partial charge is 0.326 e. The van der Waals surface area contributed by atoms with Gasteiger partial charge in [-0.25, -0.2) is 9.97 Å². The molecule has 0 fully saturated rings. The lowest BCUT2D eigenvalue weighted by molar-refractivity contribution is 0.195. The van der Waals surface area contributed by atoms with E-state index < -0.39 is 7.60 Å². The first kappa shape index (κ1) is 16.8. The highest BCUT2D eigenvalue weighted by molar-refractivity contribution is 7.51. The highest BCUT2D eigenvalue weighted by Gasteiger charge is 2.16. The van der Waals surface area contributed by atoms with Crippen LogP contribution in [0.3, 0.4) is 0 Å². The number of aromatic nitrogens is 4. The molecule has 11 heteroatoms. The molecule has 0 amide bonds. The zero-order valence-electron chi connectivity index (χ0n) is 11.8. The second-order valence-corrected chi connectivity index (χ2v) is 6.57. The topological polar surface area (TPSA) is 145 Å². The Hall–Kier alpha value is -1.58. The van der Waals surface area contributed by atoms with Gasteiger partial charge in [-0.05, 0) is 0 Å². The van der Waals surface area contributed by atoms with Crippen LogP contribution in [0.4, 0.5) is 0 Å². The van der Waals surface area contributed by atoms with Crippen molar-refractivity contribution >= 4 is 18.8 Å². The van der Waals surface area contributed by atoms with Gasteiger partial charge in [0.25, 0.3) is 5.56 Å². The molecule has 22 heavy (non-hydrogen) atoms. The molecule has 2 heterocycles. The predicted molar refractivity (Wildman–Crippen MR) is 78.6 cm³/mol. The van der Waals surface area contributed by atoms with E-state index in [-0.39, 0.29) is 31.4 Å². The second kappa shape index (κ2) is 7.12. The molecule has 2 rings (SSSR count). The lowest BCUT2D eigenvalue weighted by Gasteiger charge is -2.21. The Morgan fingerprint density at radius 3 is 2.73 bits per heavy atom. The summed E-state index contributed by atoms with van der Waals surface area (Å²) in [7, 11) is -4.09. The van der Waals surface area contributed by atoms with Crippen LogP contribution >= 0.6 is 7.60 Å². The average Bonchev–Trinajstić information content (AvgIpc) is 2.92. The van der Waals surface area contributed by atoms with Crippen LogP contribution in [0.1, 0.15) is 0 Å². The van der Waals surface area contributed by atoms with Crippen molar-refractivity contribution in [2.45, 2.75) is 6.54 Å². The van der Waals surface area contributed by atoms with Crippen molar-refractivity contribution in [2.75, 3.05) is 32.4 Å². The quantitative estimate of drug-likeness (QED) is 0.432. The van der Waals surface area contributed by atoms with Crippen molar-refractivity contribution in [1.29, 1.82) is 0 Å². The molecule has 122 valence electrons. The summed E-state index contributed by atoms with van der Waals surface area (Å²) < 4.78 is 12.3. The van der Waals surface area contributed by atoms with E-state index >= 15 is 0 Å². The Balaban J connectivity index is 2.02. The maximum atomic E-state index is 12.1. The minimum atomic E-state index is -4.09. The zero-order chi connectivity index (χ0) is 16.2. The Morgan fingerprint density at radius 1 is 1.27 bits per heavy atom. The minimum Gasteiger partial charge on any atom is -0.395 e. The summed E-state index contributed by atoms with van der Waals surface area (Å²) in [5, 5.41) is 9.00. The van der Waals surface area contributed by atoms with E-state index in [1.807, 2.05) is 0 Å². The van der Waals surface area contributed by atoms with Crippen LogP contribution in [-0.2, 0) is 11.1 Å². The van der Waals surface area contributed by atoms with Crippen molar-refractivity contribution in [2.24, 2.45) is 0 Å². The van der Waals surface area contributed by atoms with E-state index in [2.05, 4.69) is 15.0 Å². The number of aliphatic hydroxyl groups is 1. The molecule has 2 aromatic rings. The molecule has 10 nitrogen and oxygen atoms in total. The molecule has 0 atom stereocenters. The molecule has 0 aliphatic carbocycles. The van der Waals surface area contributed by atoms with Crippen LogP contribution < -0.4 is 5.56 Å². The van der Waals surface area contributed by atoms with Gasteiger partial charge in [-0.1, -0.05) is 0 Å². The van der Waals surface area contributed by atoms with Crippen molar-refractivity contribution < 1.29 is 19.5 Å². The van der Waals surface area contributed by atoms with Crippen LogP contribution in [0.15, 0.2) is 17.4 Å². The van der Waals surface area contributed by atoms with E-state index in [9.17, 15) is 9.36 Å². The van der Waals surface area contributed by atoms with Gasteiger partial charge in [-0.15, -0.1) is 0 Å². The Kier molecular flexibility index (Phi) is 5.43. The maximum absolute atomic E-state index is 12.1. The molecule has 0 spiro atoms. The molecule has 0 unspecified atom stereocenters. The van der Waals surface area contributed by atoms with Gasteiger partial charge in [-0.3, -0.25) is 18.8 Å². The lowest BCUT2D eigenvalue weighted by atomic mass is 10.4. The molecule has 0 aromatic carbocycles. The monoisotopic (exact) mass is 331 g/mol. The third-order valence-corrected chi connectivity index (χ3v) is 3.98. The van der Waals surface area contributed by atoms with Crippen molar-refractivity contribution in [3.63, 3.8) is 0 Å². The van der Waals surface area contributed by atoms with Crippen molar-refractivity contribution in [1.82, 2.24) is 24.4 Å². The van der Waals surface area contributed by atoms with E-state index in [4.69, 9.17) is 14.9 Å². The summed E-state index contributed by atoms with van der Waals surface area (Å²) in [4.78, 5) is 42.3. The summed E-state index contributed by atoms with van der Waals surface area (Å²) in [5.74, 6) is 0. The molecular formula is C11H18N5O5P. The van der Waals surface area contributed by atoms with Gasteiger partial charge in [0.2, 0.25) is 0 Å². The fraction of sp³-hybridized carbons (Fsp3) is 0.545. The van der Waals surface area contributed by atoms with Crippen LogP contribution in [0.25, 0.3) is 11.2 Å². The van der Waals surface area contributed by atoms with Gasteiger partial charge in [0, 0.05) is 26.2 Å². The summed E-state index contributed by atoms with van der Waals surface area (Å²) >= 11 is 0. The van der Waals surface area contributed by atoms with Gasteiger partial charge < -0.3 is 19.9 Å². The molecule has 4 N–H and O–H groups in total. The first-order valence-electron chi connectivity index (χ1n) is 6.67. The normalized spacial score (nSPS) is 12.4. The molecule has 2 aromatic heterocycles. The fourth-order valence-electron chi connectivity index (χ4n) is 2.02. The number of rotatable bonds is 8. The lowest BCUT2D eigenvalue weighted by Crippen LogP contribution is -2.35. The minimum absolute atomic E-state index is 0.131. The number of fused-ring (bicyclic) bond motifs is 1. The van der Waals surface area contributed by atoms with Gasteiger partial charge >= 0.3 is 7.60 Å². The summed E-state index contributed by atoms with van der Waals surface area (Å²) in [5.41, 5.74) is 0.392. The van der Waals surface area contributed by atoms with Crippen LogP contribution in [0.5, 0.6) is 0 Å². The Bertz CT molecular complexity index is 723. The number of hydrogen-bond donors (Lipinski definition) is 4. The van der Waals surface area contributed by atoms with Gasteiger partial charge in [0.1, 0.15) is 6.33 Å². The molecule has 0 bridgehead atoms. The SMILES string of the molecule is O=c1c2[nH]cnc2ncn1CCN(CCO)CCP(=O)(O)O. The number of H-pyrrole nitrogens is 1. The zero-order valence-corrected chi connectivity index (χ0v) is 12.7. The number of aromatic amines is 1. The molecule has 0 saturated carbocycles. The number of nitrogens with one attached hydrogen (secondary N) is 1. The molecule has 0 aliphatic heterocycles. The molecule has 0 saturated heterocycles. The fourth-order valence-corrected chi connectivity index (χ4v) is 2.56. The predicted octanol–water partition coefficient (Wildman–Crippen LogP) is -1.41. The maximum Gasteiger partial charge on any atom is 0.326 e. The van der Waals surface area contributed by atoms with E-state index in [1.165, 1.54) is 17.2 Å². The second-order valence-electron chi connectivity index (χ2n) is 4.80. The van der Waals surface area contributed by atoms with E-state index in [1.54, 1.807) is 4.90 Å². The van der Waals surface area contributed by atoms with Crippen LogP contribution in [0, 0.1) is 0 Å². The molecular weight excluding hydrogens is 313 g/mol. The summed E-state index contributed by atoms with van der Waals surface area (Å²) in [6, 6.07) is 0. The standard InChI is InChI=1S/C11H18N5O5P/c17-5-3-15(4-6-22(19,20)21)1-2-16-8-14-10-9(11(16)18)12-7-13-10/h7-8,17H,1-6H2,(H,12,13)(H2,19,20,21). The average molecular weight is 331 g/mol. The largest absolute Gasteiger partial charge is 0.395 e. The van der Waals surface area contributed by atoms with Crippen LogP contribution in [-0.4, -0.2) is 71.7 Å². The number of imidazole rings is 1. The Labute approximate surface area is 125 Å². The number of hydrogen-bond acceptors (Lipinski definition) is 6. The van der Waals surface area contributed by atoms with Crippen LogP contribution in [0.2, 0.25) is 0 Å². The Morgan fingerprint density at radius 2 is 2.05 bits per heavy atom. The molecule has 0 aliphatic rings. The van der Waals surface area contributed by atoms with Gasteiger partial charge in [0.05, 0.1) is 19.1 Å². The molecule has 0 radical (unpaired) electrons. The third-order valence-electron chi connectivity index (χ3n) is 3.19. The van der Waals surface area contributed by atoms with Crippen molar-refractivity contribution in [3.8, 4) is 0 Å². The highest BCUT2D eigenvalue weighted by Crippen LogP contribution is 2.33. The van der Waals surface area contributed by atoms with Gasteiger partial charge in [0.15, 0.2) is 11.2 Å². The highest BCUT2D eigenvalue weighted by atomic mass is 31.2. The summed E-state index contributed by atoms with van der Waals surface area (Å²) in [6.45, 7) is 0.936. The van der Waals surface area contributed by atoms with E-state index in [0.717, 1.165) is 0 Å². The summed E-state index contributed by atoms with van der Waals surface area (Å²) in [6.07, 6.45) is 2.48. The van der Waals surface area contributed by atoms with Crippen molar-refractivity contribution in [3.05, 3.63) is 23.0 Å². The third kappa shape index (κ3) is 4.46. The van der Waals surface area contributed by atoms with Gasteiger partial charge in [-0.2, -0.15) is 0 Å². The number of aliphatic hydroxyl groups excluding tert-OH is 1. The first-order chi connectivity index (χ1) is 10.4.